The summed E-state index contributed by atoms with van der Waals surface area (Å²) in [6, 6.07) is 5.18. The molecule has 0 aliphatic heterocycles. The SMILES string of the molecule is COC(=O)Cn1c(CO)nc2cc(N)ccc21. The van der Waals surface area contributed by atoms with Gasteiger partial charge in [-0.05, 0) is 18.2 Å². The van der Waals surface area contributed by atoms with Gasteiger partial charge >= 0.3 is 5.97 Å². The van der Waals surface area contributed by atoms with Gasteiger partial charge in [0.1, 0.15) is 19.0 Å². The fourth-order valence-electron chi connectivity index (χ4n) is 1.69. The number of ether oxygens (including phenoxy) is 1. The number of aromatic nitrogens is 2. The normalized spacial score (nSPS) is 10.7. The van der Waals surface area contributed by atoms with Gasteiger partial charge in [-0.1, -0.05) is 0 Å². The molecule has 0 aliphatic rings. The van der Waals surface area contributed by atoms with E-state index in [2.05, 4.69) is 9.72 Å². The minimum absolute atomic E-state index is 0.0206. The highest BCUT2D eigenvalue weighted by molar-refractivity contribution is 5.81. The molecule has 6 nitrogen and oxygen atoms in total. The number of rotatable bonds is 3. The van der Waals surface area contributed by atoms with Crippen LogP contribution in [-0.2, 0) is 22.7 Å². The molecule has 2 aromatic rings. The predicted molar refractivity (Wildman–Crippen MR) is 62.1 cm³/mol. The number of esters is 1. The summed E-state index contributed by atoms with van der Waals surface area (Å²) < 4.78 is 6.21. The molecule has 17 heavy (non-hydrogen) atoms. The Hall–Kier alpha value is -2.08. The van der Waals surface area contributed by atoms with Gasteiger partial charge in [0, 0.05) is 5.69 Å². The number of nitrogens with two attached hydrogens (primary N) is 1. The largest absolute Gasteiger partial charge is 0.468 e. The number of fused-ring (bicyclic) bond motifs is 1. The number of imidazole rings is 1. The monoisotopic (exact) mass is 235 g/mol. The van der Waals surface area contributed by atoms with Gasteiger partial charge in [-0.25, -0.2) is 4.98 Å². The smallest absolute Gasteiger partial charge is 0.325 e. The van der Waals surface area contributed by atoms with Crippen LogP contribution >= 0.6 is 0 Å². The van der Waals surface area contributed by atoms with Crippen molar-refractivity contribution in [3.63, 3.8) is 0 Å². The van der Waals surface area contributed by atoms with E-state index in [1.807, 2.05) is 0 Å². The fourth-order valence-corrected chi connectivity index (χ4v) is 1.69. The zero-order valence-electron chi connectivity index (χ0n) is 9.38. The Bertz CT molecular complexity index is 562. The van der Waals surface area contributed by atoms with E-state index >= 15 is 0 Å². The highest BCUT2D eigenvalue weighted by atomic mass is 16.5. The zero-order chi connectivity index (χ0) is 12.4. The summed E-state index contributed by atoms with van der Waals surface area (Å²) in [4.78, 5) is 15.5. The van der Waals surface area contributed by atoms with Crippen molar-refractivity contribution in [3.05, 3.63) is 24.0 Å². The number of anilines is 1. The van der Waals surface area contributed by atoms with Gasteiger partial charge in [-0.15, -0.1) is 0 Å². The first-order chi connectivity index (χ1) is 8.15. The first-order valence-electron chi connectivity index (χ1n) is 5.08. The lowest BCUT2D eigenvalue weighted by atomic mass is 10.3. The third-order valence-electron chi connectivity index (χ3n) is 2.51. The average Bonchev–Trinajstić information content (AvgIpc) is 2.66. The molecule has 0 atom stereocenters. The Balaban J connectivity index is 2.54. The van der Waals surface area contributed by atoms with Crippen LogP contribution in [0.5, 0.6) is 0 Å². The van der Waals surface area contributed by atoms with E-state index in [1.54, 1.807) is 22.8 Å². The van der Waals surface area contributed by atoms with Crippen LogP contribution in [-0.4, -0.2) is 27.7 Å². The first kappa shape index (κ1) is 11.4. The lowest BCUT2D eigenvalue weighted by Gasteiger charge is -2.05. The standard InChI is InChI=1S/C11H13N3O3/c1-17-11(16)5-14-9-3-2-7(12)4-8(9)13-10(14)6-15/h2-4,15H,5-6,12H2,1H3. The van der Waals surface area contributed by atoms with Gasteiger partial charge < -0.3 is 20.1 Å². The fraction of sp³-hybridized carbons (Fsp3) is 0.273. The van der Waals surface area contributed by atoms with Crippen molar-refractivity contribution in [2.75, 3.05) is 12.8 Å². The van der Waals surface area contributed by atoms with Crippen molar-refractivity contribution < 1.29 is 14.6 Å². The van der Waals surface area contributed by atoms with E-state index in [0.29, 0.717) is 17.0 Å². The molecule has 1 aromatic heterocycles. The first-order valence-corrected chi connectivity index (χ1v) is 5.08. The van der Waals surface area contributed by atoms with Gasteiger partial charge in [0.15, 0.2) is 0 Å². The number of aliphatic hydroxyl groups is 1. The predicted octanol–water partition coefficient (Wildman–Crippen LogP) is 0.284. The van der Waals surface area contributed by atoms with E-state index in [4.69, 9.17) is 5.73 Å². The number of aliphatic hydroxyl groups excluding tert-OH is 1. The number of methoxy groups -OCH3 is 1. The molecular weight excluding hydrogens is 222 g/mol. The lowest BCUT2D eigenvalue weighted by Crippen LogP contribution is -2.14. The second-order valence-corrected chi connectivity index (χ2v) is 3.60. The maximum Gasteiger partial charge on any atom is 0.325 e. The van der Waals surface area contributed by atoms with Crippen LogP contribution in [0.1, 0.15) is 5.82 Å². The molecule has 0 saturated heterocycles. The van der Waals surface area contributed by atoms with Gasteiger partial charge in [0.25, 0.3) is 0 Å². The highest BCUT2D eigenvalue weighted by Gasteiger charge is 2.13. The van der Waals surface area contributed by atoms with Crippen molar-refractivity contribution in [3.8, 4) is 0 Å². The molecule has 0 amide bonds. The maximum atomic E-state index is 11.3. The minimum atomic E-state index is -0.393. The quantitative estimate of drug-likeness (QED) is 0.589. The van der Waals surface area contributed by atoms with Crippen LogP contribution in [0.3, 0.4) is 0 Å². The van der Waals surface area contributed by atoms with E-state index in [0.717, 1.165) is 5.52 Å². The van der Waals surface area contributed by atoms with Crippen molar-refractivity contribution in [2.45, 2.75) is 13.2 Å². The molecule has 3 N–H and O–H groups in total. The number of hydrogen-bond acceptors (Lipinski definition) is 5. The highest BCUT2D eigenvalue weighted by Crippen LogP contribution is 2.19. The van der Waals surface area contributed by atoms with Gasteiger partial charge in [-0.3, -0.25) is 4.79 Å². The average molecular weight is 235 g/mol. The molecule has 0 bridgehead atoms. The molecule has 90 valence electrons. The molecule has 1 aromatic carbocycles. The van der Waals surface area contributed by atoms with Crippen molar-refractivity contribution in [2.24, 2.45) is 0 Å². The van der Waals surface area contributed by atoms with Crippen molar-refractivity contribution >= 4 is 22.7 Å². The van der Waals surface area contributed by atoms with Crippen LogP contribution in [0.4, 0.5) is 5.69 Å². The van der Waals surface area contributed by atoms with E-state index in [1.165, 1.54) is 7.11 Å². The summed E-state index contributed by atoms with van der Waals surface area (Å²) in [5, 5.41) is 9.21. The minimum Gasteiger partial charge on any atom is -0.468 e. The van der Waals surface area contributed by atoms with Gasteiger partial charge in [0.05, 0.1) is 18.1 Å². The Labute approximate surface area is 97.6 Å². The van der Waals surface area contributed by atoms with E-state index in [-0.39, 0.29) is 13.2 Å². The number of carbonyl (C=O) groups excluding carboxylic acids is 1. The van der Waals surface area contributed by atoms with Crippen LogP contribution < -0.4 is 5.73 Å². The third-order valence-corrected chi connectivity index (χ3v) is 2.51. The number of nitrogen functional groups attached to an aromatic ring is 1. The van der Waals surface area contributed by atoms with Crippen molar-refractivity contribution in [1.82, 2.24) is 9.55 Å². The number of benzene rings is 1. The summed E-state index contributed by atoms with van der Waals surface area (Å²) in [5.74, 6) is 0.0202. The summed E-state index contributed by atoms with van der Waals surface area (Å²) in [6.07, 6.45) is 0. The van der Waals surface area contributed by atoms with Crippen LogP contribution in [0.25, 0.3) is 11.0 Å². The second-order valence-electron chi connectivity index (χ2n) is 3.60. The third kappa shape index (κ3) is 2.07. The molecule has 0 radical (unpaired) electrons. The number of carbonyl (C=O) groups is 1. The number of hydrogen-bond donors (Lipinski definition) is 2. The second kappa shape index (κ2) is 4.42. The molecule has 6 heteroatoms. The molecule has 0 unspecified atom stereocenters. The summed E-state index contributed by atoms with van der Waals surface area (Å²) >= 11 is 0. The Morgan fingerprint density at radius 3 is 3.00 bits per heavy atom. The molecule has 1 heterocycles. The molecule has 0 spiro atoms. The van der Waals surface area contributed by atoms with E-state index < -0.39 is 5.97 Å². The van der Waals surface area contributed by atoms with Gasteiger partial charge in [-0.2, -0.15) is 0 Å². The summed E-state index contributed by atoms with van der Waals surface area (Å²) in [7, 11) is 1.32. The summed E-state index contributed by atoms with van der Waals surface area (Å²) in [6.45, 7) is -0.224. The molecular formula is C11H13N3O3. The zero-order valence-corrected chi connectivity index (χ0v) is 9.38. The maximum absolute atomic E-state index is 11.3. The summed E-state index contributed by atoms with van der Waals surface area (Å²) in [5.41, 5.74) is 7.63. The van der Waals surface area contributed by atoms with E-state index in [9.17, 15) is 9.90 Å². The van der Waals surface area contributed by atoms with Crippen LogP contribution in [0, 0.1) is 0 Å². The van der Waals surface area contributed by atoms with Gasteiger partial charge in [0.2, 0.25) is 0 Å². The molecule has 0 aliphatic carbocycles. The number of nitrogens with zero attached hydrogens (tertiary/aromatic N) is 2. The Morgan fingerprint density at radius 2 is 2.35 bits per heavy atom. The van der Waals surface area contributed by atoms with Crippen LogP contribution in [0.15, 0.2) is 18.2 Å². The lowest BCUT2D eigenvalue weighted by molar-refractivity contribution is -0.141. The molecule has 0 fully saturated rings. The topological polar surface area (TPSA) is 90.4 Å². The Kier molecular flexibility index (Phi) is 2.97. The van der Waals surface area contributed by atoms with Crippen molar-refractivity contribution in [1.29, 1.82) is 0 Å². The molecule has 2 rings (SSSR count). The Morgan fingerprint density at radius 1 is 1.59 bits per heavy atom. The molecule has 0 saturated carbocycles. The van der Waals surface area contributed by atoms with Crippen LogP contribution in [0.2, 0.25) is 0 Å².